The van der Waals surface area contributed by atoms with Gasteiger partial charge in [-0.25, -0.2) is 0 Å². The van der Waals surface area contributed by atoms with Gasteiger partial charge in [0, 0.05) is 24.2 Å². The van der Waals surface area contributed by atoms with Crippen molar-refractivity contribution in [2.75, 3.05) is 0 Å². The molecule has 0 saturated heterocycles. The number of hydrogen-bond donors (Lipinski definition) is 1. The molecule has 0 aliphatic carbocycles. The maximum atomic E-state index is 10.6. The summed E-state index contributed by atoms with van der Waals surface area (Å²) in [6.07, 6.45) is 1.06. The topological polar surface area (TPSA) is 55.2 Å². The zero-order valence-electron chi connectivity index (χ0n) is 12.9. The molecule has 0 atom stereocenters. The molecule has 0 bridgehead atoms. The Balaban J connectivity index is 0.00000361. The second-order valence-electron chi connectivity index (χ2n) is 6.90. The molecule has 1 aromatic carbocycles. The van der Waals surface area contributed by atoms with E-state index in [0.717, 1.165) is 18.5 Å². The number of non-ortho nitro benzene ring substituents is 1. The van der Waals surface area contributed by atoms with E-state index >= 15 is 0 Å². The lowest BCUT2D eigenvalue weighted by molar-refractivity contribution is -0.384. The van der Waals surface area contributed by atoms with E-state index in [1.165, 1.54) is 0 Å². The first-order valence-electron chi connectivity index (χ1n) is 6.57. The fraction of sp³-hybridized carbons (Fsp3) is 0.600. The van der Waals surface area contributed by atoms with Crippen LogP contribution in [0.5, 0.6) is 0 Å². The average Bonchev–Trinajstić information content (AvgIpc) is 2.24. The number of nitrogens with one attached hydrogen (secondary N) is 1. The normalized spacial score (nSPS) is 11.8. The highest BCUT2D eigenvalue weighted by atomic mass is 35.5. The average molecular weight is 301 g/mol. The molecule has 20 heavy (non-hydrogen) atoms. The van der Waals surface area contributed by atoms with Crippen LogP contribution in [-0.2, 0) is 6.54 Å². The molecule has 1 N–H and O–H groups in total. The lowest BCUT2D eigenvalue weighted by atomic mass is 9.82. The van der Waals surface area contributed by atoms with Crippen molar-refractivity contribution in [1.29, 1.82) is 0 Å². The van der Waals surface area contributed by atoms with Gasteiger partial charge in [0.1, 0.15) is 0 Å². The number of nitrogens with zero attached hydrogens (tertiary/aromatic N) is 1. The van der Waals surface area contributed by atoms with Gasteiger partial charge < -0.3 is 5.32 Å². The predicted octanol–water partition coefficient (Wildman–Crippen LogP) is 4.32. The number of halogens is 1. The third-order valence-corrected chi connectivity index (χ3v) is 2.89. The van der Waals surface area contributed by atoms with Gasteiger partial charge in [-0.05, 0) is 31.2 Å². The fourth-order valence-electron chi connectivity index (χ4n) is 2.47. The third kappa shape index (κ3) is 6.87. The summed E-state index contributed by atoms with van der Waals surface area (Å²) < 4.78 is 0. The van der Waals surface area contributed by atoms with Gasteiger partial charge in [-0.3, -0.25) is 10.1 Å². The summed E-state index contributed by atoms with van der Waals surface area (Å²) in [5.74, 6) is 0. The summed E-state index contributed by atoms with van der Waals surface area (Å²) >= 11 is 0. The highest BCUT2D eigenvalue weighted by Gasteiger charge is 2.24. The van der Waals surface area contributed by atoms with Crippen LogP contribution >= 0.6 is 12.4 Å². The highest BCUT2D eigenvalue weighted by Crippen LogP contribution is 2.27. The molecule has 0 aromatic heterocycles. The van der Waals surface area contributed by atoms with E-state index in [9.17, 15) is 10.1 Å². The Hall–Kier alpha value is -1.13. The maximum absolute atomic E-state index is 10.6. The van der Waals surface area contributed by atoms with E-state index in [0.29, 0.717) is 0 Å². The summed E-state index contributed by atoms with van der Waals surface area (Å²) in [6.45, 7) is 11.8. The molecule has 0 heterocycles. The third-order valence-electron chi connectivity index (χ3n) is 2.89. The van der Waals surface area contributed by atoms with Gasteiger partial charge in [0.05, 0.1) is 4.92 Å². The van der Waals surface area contributed by atoms with Crippen molar-refractivity contribution >= 4 is 18.1 Å². The van der Waals surface area contributed by atoms with Crippen LogP contribution in [0.25, 0.3) is 0 Å². The largest absolute Gasteiger partial charge is 0.308 e. The molecule has 0 spiro atoms. The Bertz CT molecular complexity index is 436. The van der Waals surface area contributed by atoms with E-state index < -0.39 is 0 Å². The molecule has 1 aromatic rings. The molecular weight excluding hydrogens is 276 g/mol. The van der Waals surface area contributed by atoms with Crippen molar-refractivity contribution in [3.63, 3.8) is 0 Å². The first-order chi connectivity index (χ1) is 8.59. The van der Waals surface area contributed by atoms with Crippen molar-refractivity contribution < 1.29 is 4.92 Å². The van der Waals surface area contributed by atoms with Crippen LogP contribution in [0.2, 0.25) is 0 Å². The molecule has 1 rings (SSSR count). The zero-order chi connectivity index (χ0) is 14.7. The van der Waals surface area contributed by atoms with Gasteiger partial charge in [0.15, 0.2) is 0 Å². The van der Waals surface area contributed by atoms with Crippen molar-refractivity contribution in [3.8, 4) is 0 Å². The summed E-state index contributed by atoms with van der Waals surface area (Å²) in [7, 11) is 0. The quantitative estimate of drug-likeness (QED) is 0.651. The van der Waals surface area contributed by atoms with E-state index in [4.69, 9.17) is 0 Å². The van der Waals surface area contributed by atoms with Gasteiger partial charge in [-0.15, -0.1) is 12.4 Å². The second-order valence-corrected chi connectivity index (χ2v) is 6.90. The Labute approximate surface area is 127 Å². The monoisotopic (exact) mass is 300 g/mol. The lowest BCUT2D eigenvalue weighted by Crippen LogP contribution is -2.41. The molecule has 4 nitrogen and oxygen atoms in total. The predicted molar refractivity (Wildman–Crippen MR) is 85.3 cm³/mol. The van der Waals surface area contributed by atoms with Crippen LogP contribution in [0.3, 0.4) is 0 Å². The van der Waals surface area contributed by atoms with Crippen LogP contribution in [0, 0.1) is 15.5 Å². The molecule has 0 amide bonds. The number of nitro benzene ring substituents is 1. The molecule has 114 valence electrons. The summed E-state index contributed by atoms with van der Waals surface area (Å²) in [6, 6.07) is 6.71. The summed E-state index contributed by atoms with van der Waals surface area (Å²) in [4.78, 5) is 10.2. The molecule has 0 radical (unpaired) electrons. The summed E-state index contributed by atoms with van der Waals surface area (Å²) in [5, 5.41) is 14.1. The van der Waals surface area contributed by atoms with Gasteiger partial charge in [0.2, 0.25) is 0 Å². The Morgan fingerprint density at radius 2 is 1.60 bits per heavy atom. The van der Waals surface area contributed by atoms with Crippen molar-refractivity contribution in [3.05, 3.63) is 39.9 Å². The molecule has 0 unspecified atom stereocenters. The molecule has 5 heteroatoms. The first-order valence-corrected chi connectivity index (χ1v) is 6.57. The standard InChI is InChI=1S/C15H24N2O2.ClH/c1-14(2,3)11-15(4,5)16-10-12-6-8-13(9-7-12)17(18)19;/h6-9,16H,10-11H2,1-5H3;1H. The van der Waals surface area contributed by atoms with Crippen molar-refractivity contribution in [2.24, 2.45) is 5.41 Å². The van der Waals surface area contributed by atoms with E-state index in [1.54, 1.807) is 24.3 Å². The van der Waals surface area contributed by atoms with E-state index in [-0.39, 0.29) is 34.0 Å². The molecule has 0 saturated carbocycles. The van der Waals surface area contributed by atoms with Gasteiger partial charge in [0.25, 0.3) is 5.69 Å². The van der Waals surface area contributed by atoms with E-state index in [2.05, 4.69) is 39.9 Å². The first kappa shape index (κ1) is 18.9. The minimum Gasteiger partial charge on any atom is -0.308 e. The number of nitro groups is 1. The fourth-order valence-corrected chi connectivity index (χ4v) is 2.47. The van der Waals surface area contributed by atoms with Crippen molar-refractivity contribution in [1.82, 2.24) is 5.32 Å². The minimum atomic E-state index is -0.374. The van der Waals surface area contributed by atoms with Crippen LogP contribution in [0.1, 0.15) is 46.6 Å². The Morgan fingerprint density at radius 1 is 1.10 bits per heavy atom. The number of rotatable bonds is 5. The Morgan fingerprint density at radius 3 is 2.00 bits per heavy atom. The maximum Gasteiger partial charge on any atom is 0.269 e. The SMILES string of the molecule is CC(C)(C)CC(C)(C)NCc1ccc([N+](=O)[O-])cc1.Cl. The summed E-state index contributed by atoms with van der Waals surface area (Å²) in [5.41, 5.74) is 1.51. The van der Waals surface area contributed by atoms with Gasteiger partial charge in [-0.1, -0.05) is 32.9 Å². The lowest BCUT2D eigenvalue weighted by Gasteiger charge is -2.33. The van der Waals surface area contributed by atoms with Crippen LogP contribution in [0.4, 0.5) is 5.69 Å². The van der Waals surface area contributed by atoms with Crippen LogP contribution in [0.15, 0.2) is 24.3 Å². The number of benzene rings is 1. The molecule has 0 fully saturated rings. The second kappa shape index (κ2) is 7.04. The molecule has 0 aliphatic rings. The molecule has 0 aliphatic heterocycles. The van der Waals surface area contributed by atoms with E-state index in [1.807, 2.05) is 0 Å². The van der Waals surface area contributed by atoms with Crippen molar-refractivity contribution in [2.45, 2.75) is 53.1 Å². The van der Waals surface area contributed by atoms with Crippen LogP contribution in [-0.4, -0.2) is 10.5 Å². The number of hydrogen-bond acceptors (Lipinski definition) is 3. The molecular formula is C15H25ClN2O2. The Kier molecular flexibility index (Phi) is 6.65. The smallest absolute Gasteiger partial charge is 0.269 e. The van der Waals surface area contributed by atoms with Gasteiger partial charge >= 0.3 is 0 Å². The zero-order valence-corrected chi connectivity index (χ0v) is 13.7. The highest BCUT2D eigenvalue weighted by molar-refractivity contribution is 5.85. The van der Waals surface area contributed by atoms with Crippen LogP contribution < -0.4 is 5.32 Å². The van der Waals surface area contributed by atoms with Gasteiger partial charge in [-0.2, -0.15) is 0 Å². The minimum absolute atomic E-state index is 0.